The summed E-state index contributed by atoms with van der Waals surface area (Å²) in [6.45, 7) is 6.66. The summed E-state index contributed by atoms with van der Waals surface area (Å²) >= 11 is 0. The first-order chi connectivity index (χ1) is 15.4. The monoisotopic (exact) mass is 439 g/mol. The van der Waals surface area contributed by atoms with E-state index >= 15 is 0 Å². The number of carbonyl (C=O) groups is 2. The average Bonchev–Trinajstić information content (AvgIpc) is 2.79. The fraction of sp³-hybridized carbons (Fsp3) is 0.360. The minimum atomic E-state index is -0.521. The van der Waals surface area contributed by atoms with E-state index in [1.165, 1.54) is 17.7 Å². The number of rotatable bonds is 8. The van der Waals surface area contributed by atoms with Gasteiger partial charge in [0.05, 0.1) is 11.3 Å². The maximum Gasteiger partial charge on any atom is 0.262 e. The molecule has 0 spiro atoms. The normalized spacial score (nSPS) is 14.5. The Kier molecular flexibility index (Phi) is 8.39. The molecule has 6 nitrogen and oxygen atoms in total. The number of hydrogen-bond donors (Lipinski definition) is 2. The maximum absolute atomic E-state index is 13.7. The quantitative estimate of drug-likeness (QED) is 0.610. The van der Waals surface area contributed by atoms with Crippen LogP contribution in [0.1, 0.15) is 37.0 Å². The van der Waals surface area contributed by atoms with Gasteiger partial charge in [-0.05, 0) is 51.0 Å². The summed E-state index contributed by atoms with van der Waals surface area (Å²) in [6.07, 6.45) is 3.99. The number of anilines is 1. The Bertz CT molecular complexity index is 964. The van der Waals surface area contributed by atoms with Crippen molar-refractivity contribution >= 4 is 17.5 Å². The highest BCUT2D eigenvalue weighted by atomic mass is 19.1. The number of benzene rings is 2. The van der Waals surface area contributed by atoms with E-state index in [4.69, 9.17) is 4.74 Å². The van der Waals surface area contributed by atoms with Crippen LogP contribution in [0.5, 0.6) is 5.75 Å². The van der Waals surface area contributed by atoms with Gasteiger partial charge in [-0.2, -0.15) is 0 Å². The van der Waals surface area contributed by atoms with Gasteiger partial charge in [0.1, 0.15) is 11.6 Å². The molecule has 2 aromatic rings. The van der Waals surface area contributed by atoms with Crippen molar-refractivity contribution in [2.24, 2.45) is 0 Å². The van der Waals surface area contributed by atoms with Gasteiger partial charge in [0.2, 0.25) is 0 Å². The van der Waals surface area contributed by atoms with Crippen LogP contribution < -0.4 is 15.4 Å². The third-order valence-electron chi connectivity index (χ3n) is 5.32. The maximum atomic E-state index is 13.7. The van der Waals surface area contributed by atoms with Gasteiger partial charge in [0.15, 0.2) is 6.61 Å². The summed E-state index contributed by atoms with van der Waals surface area (Å²) in [6, 6.07) is 12.8. The lowest BCUT2D eigenvalue weighted by Gasteiger charge is -2.31. The second kappa shape index (κ2) is 11.4. The molecule has 7 heteroatoms. The summed E-state index contributed by atoms with van der Waals surface area (Å²) < 4.78 is 19.3. The summed E-state index contributed by atoms with van der Waals surface area (Å²) in [5.74, 6) is -0.936. The number of carbonyl (C=O) groups excluding carboxylic acids is 2. The second-order valence-corrected chi connectivity index (χ2v) is 8.14. The first-order valence-corrected chi connectivity index (χ1v) is 10.8. The van der Waals surface area contributed by atoms with Crippen molar-refractivity contribution < 1.29 is 18.7 Å². The predicted octanol–water partition coefficient (Wildman–Crippen LogP) is 4.00. The molecule has 1 aliphatic heterocycles. The molecule has 2 N–H and O–H groups in total. The van der Waals surface area contributed by atoms with Gasteiger partial charge in [0, 0.05) is 25.7 Å². The number of nitrogens with zero attached hydrogens (tertiary/aromatic N) is 1. The van der Waals surface area contributed by atoms with E-state index in [1.807, 2.05) is 0 Å². The highest BCUT2D eigenvalue weighted by Crippen LogP contribution is 2.20. The summed E-state index contributed by atoms with van der Waals surface area (Å²) in [5, 5.41) is 5.55. The second-order valence-electron chi connectivity index (χ2n) is 8.14. The van der Waals surface area contributed by atoms with E-state index in [-0.39, 0.29) is 24.2 Å². The van der Waals surface area contributed by atoms with E-state index in [1.54, 1.807) is 36.4 Å². The number of likely N-dealkylation sites (tertiary alicyclic amines) is 1. The van der Waals surface area contributed by atoms with Crippen LogP contribution in [0.4, 0.5) is 10.1 Å². The molecule has 0 aromatic heterocycles. The van der Waals surface area contributed by atoms with Crippen LogP contribution in [-0.4, -0.2) is 49.0 Å². The highest BCUT2D eigenvalue weighted by molar-refractivity contribution is 5.97. The van der Waals surface area contributed by atoms with Crippen molar-refractivity contribution in [3.8, 4) is 5.75 Å². The third-order valence-corrected chi connectivity index (χ3v) is 5.32. The number of allylic oxidation sites excluding steroid dienone is 1. The highest BCUT2D eigenvalue weighted by Gasteiger charge is 2.22. The molecule has 0 bridgehead atoms. The third kappa shape index (κ3) is 6.92. The van der Waals surface area contributed by atoms with E-state index in [9.17, 15) is 14.0 Å². The van der Waals surface area contributed by atoms with Crippen molar-refractivity contribution in [3.05, 3.63) is 71.6 Å². The zero-order chi connectivity index (χ0) is 22.9. The molecule has 1 saturated heterocycles. The first-order valence-electron chi connectivity index (χ1n) is 10.8. The number of nitrogens with one attached hydrogen (secondary N) is 2. The first kappa shape index (κ1) is 23.5. The zero-order valence-electron chi connectivity index (χ0n) is 18.6. The van der Waals surface area contributed by atoms with E-state index in [0.29, 0.717) is 11.3 Å². The molecule has 2 aromatic carbocycles. The van der Waals surface area contributed by atoms with Gasteiger partial charge < -0.3 is 15.4 Å². The van der Waals surface area contributed by atoms with Crippen LogP contribution in [0.15, 0.2) is 60.2 Å². The molecule has 2 amide bonds. The van der Waals surface area contributed by atoms with E-state index < -0.39 is 11.7 Å². The lowest BCUT2D eigenvalue weighted by atomic mass is 10.0. The molecule has 1 fully saturated rings. The molecular formula is C25H30FN3O3. The number of amides is 2. The van der Waals surface area contributed by atoms with Crippen LogP contribution in [0, 0.1) is 5.82 Å². The van der Waals surface area contributed by atoms with Crippen molar-refractivity contribution in [1.29, 1.82) is 0 Å². The number of halogens is 1. The number of ether oxygens (including phenoxy) is 1. The average molecular weight is 440 g/mol. The van der Waals surface area contributed by atoms with Crippen molar-refractivity contribution in [2.45, 2.75) is 32.7 Å². The van der Waals surface area contributed by atoms with Gasteiger partial charge in [-0.25, -0.2) is 4.39 Å². The fourth-order valence-electron chi connectivity index (χ4n) is 3.51. The van der Waals surface area contributed by atoms with E-state index in [2.05, 4.69) is 35.5 Å². The van der Waals surface area contributed by atoms with Crippen molar-refractivity contribution in [2.75, 3.05) is 31.6 Å². The van der Waals surface area contributed by atoms with Crippen LogP contribution in [0.2, 0.25) is 0 Å². The molecule has 0 atom stereocenters. The Morgan fingerprint density at radius 3 is 2.50 bits per heavy atom. The van der Waals surface area contributed by atoms with Gasteiger partial charge >= 0.3 is 0 Å². The summed E-state index contributed by atoms with van der Waals surface area (Å²) in [5.41, 5.74) is 1.76. The Labute approximate surface area is 188 Å². The Balaban J connectivity index is 1.52. The van der Waals surface area contributed by atoms with Gasteiger partial charge in [-0.3, -0.25) is 14.5 Å². The number of para-hydroxylation sites is 2. The van der Waals surface area contributed by atoms with Crippen molar-refractivity contribution in [3.63, 3.8) is 0 Å². The molecule has 1 aliphatic rings. The Morgan fingerprint density at radius 1 is 1.09 bits per heavy atom. The number of hydrogen-bond acceptors (Lipinski definition) is 4. The molecule has 32 heavy (non-hydrogen) atoms. The zero-order valence-corrected chi connectivity index (χ0v) is 18.6. The molecule has 170 valence electrons. The molecule has 0 radical (unpaired) electrons. The van der Waals surface area contributed by atoms with Crippen LogP contribution >= 0.6 is 0 Å². The lowest BCUT2D eigenvalue weighted by Crippen LogP contribution is -2.44. The van der Waals surface area contributed by atoms with Crippen LogP contribution in [-0.2, 0) is 4.79 Å². The SMILES string of the molecule is CC(C)=CCN1CCC(NC(=O)c2ccccc2OCC(=O)Nc2ccccc2F)CC1. The Morgan fingerprint density at radius 2 is 1.78 bits per heavy atom. The van der Waals surface area contributed by atoms with E-state index in [0.717, 1.165) is 32.5 Å². The topological polar surface area (TPSA) is 70.7 Å². The summed E-state index contributed by atoms with van der Waals surface area (Å²) in [4.78, 5) is 27.4. The molecule has 3 rings (SSSR count). The molecule has 1 heterocycles. The van der Waals surface area contributed by atoms with Gasteiger partial charge in [0.25, 0.3) is 11.8 Å². The smallest absolute Gasteiger partial charge is 0.262 e. The standard InChI is InChI=1S/C25H30FN3O3/c1-18(2)11-14-29-15-12-19(13-16-29)27-25(31)20-7-3-6-10-23(20)32-17-24(30)28-22-9-5-4-8-21(22)26/h3-11,19H,12-17H2,1-2H3,(H,27,31)(H,28,30). The van der Waals surface area contributed by atoms with Crippen molar-refractivity contribution in [1.82, 2.24) is 10.2 Å². The Hall–Kier alpha value is -3.19. The predicted molar refractivity (Wildman–Crippen MR) is 123 cm³/mol. The van der Waals surface area contributed by atoms with Crippen LogP contribution in [0.3, 0.4) is 0 Å². The van der Waals surface area contributed by atoms with Gasteiger partial charge in [-0.1, -0.05) is 35.9 Å². The summed E-state index contributed by atoms with van der Waals surface area (Å²) in [7, 11) is 0. The largest absolute Gasteiger partial charge is 0.483 e. The van der Waals surface area contributed by atoms with Gasteiger partial charge in [-0.15, -0.1) is 0 Å². The molecule has 0 saturated carbocycles. The molecule has 0 unspecified atom stereocenters. The number of piperidine rings is 1. The molecular weight excluding hydrogens is 409 g/mol. The molecule has 0 aliphatic carbocycles. The minimum Gasteiger partial charge on any atom is -0.483 e. The van der Waals surface area contributed by atoms with Crippen LogP contribution in [0.25, 0.3) is 0 Å². The lowest BCUT2D eigenvalue weighted by molar-refractivity contribution is -0.118. The minimum absolute atomic E-state index is 0.0862. The fourth-order valence-corrected chi connectivity index (χ4v) is 3.51.